The molecule has 0 unspecified atom stereocenters. The van der Waals surface area contributed by atoms with E-state index in [1.165, 1.54) is 0 Å². The molecule has 2 heterocycles. The Bertz CT molecular complexity index is 640. The molecule has 9 heteroatoms. The van der Waals surface area contributed by atoms with Crippen LogP contribution in [0.2, 0.25) is 5.02 Å². The van der Waals surface area contributed by atoms with Crippen LogP contribution in [0.4, 0.5) is 0 Å². The maximum atomic E-state index is 11.9. The maximum absolute atomic E-state index is 11.9. The van der Waals surface area contributed by atoms with Crippen molar-refractivity contribution in [1.29, 1.82) is 0 Å². The van der Waals surface area contributed by atoms with Crippen molar-refractivity contribution >= 4 is 29.3 Å². The molecule has 0 aliphatic carbocycles. The lowest BCUT2D eigenvalue weighted by molar-refractivity contribution is -0.122. The molecule has 0 fully saturated rings. The molecule has 0 spiro atoms. The van der Waals surface area contributed by atoms with Crippen LogP contribution in [-0.2, 0) is 23.6 Å². The van der Waals surface area contributed by atoms with Gasteiger partial charge in [0.1, 0.15) is 6.54 Å². The van der Waals surface area contributed by atoms with E-state index >= 15 is 0 Å². The van der Waals surface area contributed by atoms with Gasteiger partial charge in [-0.05, 0) is 20.1 Å². The first-order valence-corrected chi connectivity index (χ1v) is 8.05. The van der Waals surface area contributed by atoms with Crippen LogP contribution in [-0.4, -0.2) is 32.1 Å². The van der Waals surface area contributed by atoms with Gasteiger partial charge >= 0.3 is 0 Å². The molecular weight excluding hydrogens is 314 g/mol. The molecule has 0 aliphatic heterocycles. The molecule has 2 aromatic heterocycles. The second-order valence-electron chi connectivity index (χ2n) is 4.46. The van der Waals surface area contributed by atoms with Crippen LogP contribution >= 0.6 is 23.4 Å². The zero-order valence-corrected chi connectivity index (χ0v) is 13.6. The van der Waals surface area contributed by atoms with Crippen LogP contribution in [0.3, 0.4) is 0 Å². The van der Waals surface area contributed by atoms with Crippen LogP contribution in [0.1, 0.15) is 23.1 Å². The van der Waals surface area contributed by atoms with Gasteiger partial charge in [-0.1, -0.05) is 16.8 Å². The lowest BCUT2D eigenvalue weighted by atomic mass is 10.4. The highest BCUT2D eigenvalue weighted by Crippen LogP contribution is 2.18. The normalized spacial score (nSPS) is 10.9. The van der Waals surface area contributed by atoms with Crippen molar-refractivity contribution in [1.82, 2.24) is 25.2 Å². The molecule has 1 N–H and O–H groups in total. The SMILES string of the molecule is CSCc1noc(CNC(=O)Cn2nc(C)c(Cl)c2C)n1. The Morgan fingerprint density at radius 2 is 2.24 bits per heavy atom. The number of amides is 1. The van der Waals surface area contributed by atoms with E-state index in [1.54, 1.807) is 23.4 Å². The maximum Gasteiger partial charge on any atom is 0.246 e. The summed E-state index contributed by atoms with van der Waals surface area (Å²) in [6.07, 6.45) is 1.96. The molecule has 0 saturated heterocycles. The van der Waals surface area contributed by atoms with Gasteiger partial charge in [-0.15, -0.1) is 0 Å². The van der Waals surface area contributed by atoms with Crippen LogP contribution in [0.5, 0.6) is 0 Å². The minimum atomic E-state index is -0.193. The van der Waals surface area contributed by atoms with Crippen molar-refractivity contribution in [2.45, 2.75) is 32.7 Å². The van der Waals surface area contributed by atoms with E-state index in [4.69, 9.17) is 16.1 Å². The van der Waals surface area contributed by atoms with Gasteiger partial charge < -0.3 is 9.84 Å². The summed E-state index contributed by atoms with van der Waals surface area (Å²) in [4.78, 5) is 16.0. The molecule has 7 nitrogen and oxygen atoms in total. The minimum Gasteiger partial charge on any atom is -0.345 e. The quantitative estimate of drug-likeness (QED) is 0.868. The number of nitrogens with one attached hydrogen (secondary N) is 1. The van der Waals surface area contributed by atoms with Crippen LogP contribution in [0.25, 0.3) is 0 Å². The molecule has 1 amide bonds. The number of aryl methyl sites for hydroxylation is 1. The van der Waals surface area contributed by atoms with Gasteiger partial charge in [-0.2, -0.15) is 21.8 Å². The third kappa shape index (κ3) is 3.98. The minimum absolute atomic E-state index is 0.102. The van der Waals surface area contributed by atoms with E-state index in [0.29, 0.717) is 28.2 Å². The predicted molar refractivity (Wildman–Crippen MR) is 80.1 cm³/mol. The highest BCUT2D eigenvalue weighted by molar-refractivity contribution is 7.97. The second-order valence-corrected chi connectivity index (χ2v) is 5.70. The summed E-state index contributed by atoms with van der Waals surface area (Å²) < 4.78 is 6.60. The fourth-order valence-electron chi connectivity index (χ4n) is 1.74. The van der Waals surface area contributed by atoms with Crippen molar-refractivity contribution in [2.24, 2.45) is 0 Å². The largest absolute Gasteiger partial charge is 0.345 e. The van der Waals surface area contributed by atoms with Gasteiger partial charge in [0.25, 0.3) is 0 Å². The molecule has 0 atom stereocenters. The molecule has 0 aromatic carbocycles. The fraction of sp³-hybridized carbons (Fsp3) is 0.500. The Kier molecular flexibility index (Phi) is 5.24. The van der Waals surface area contributed by atoms with Crippen molar-refractivity contribution in [3.63, 3.8) is 0 Å². The summed E-state index contributed by atoms with van der Waals surface area (Å²) in [5, 5.41) is 11.3. The standard InChI is InChI=1S/C12H16ClN5O2S/c1-7-12(13)8(2)18(16-7)5-10(19)14-4-11-15-9(6-21-3)17-20-11/h4-6H2,1-3H3,(H,14,19). The van der Waals surface area contributed by atoms with Gasteiger partial charge in [-0.25, -0.2) is 0 Å². The molecule has 2 aromatic rings. The third-order valence-corrected chi connectivity index (χ3v) is 3.90. The Balaban J connectivity index is 1.88. The van der Waals surface area contributed by atoms with Crippen molar-refractivity contribution in [2.75, 3.05) is 6.26 Å². The number of halogens is 1. The molecular formula is C12H16ClN5O2S. The number of nitrogens with zero attached hydrogens (tertiary/aromatic N) is 4. The van der Waals surface area contributed by atoms with Crippen molar-refractivity contribution in [3.8, 4) is 0 Å². The highest BCUT2D eigenvalue weighted by atomic mass is 35.5. The average Bonchev–Trinajstić information content (AvgIpc) is 2.99. The molecule has 0 bridgehead atoms. The van der Waals surface area contributed by atoms with E-state index in [2.05, 4.69) is 20.6 Å². The summed E-state index contributed by atoms with van der Waals surface area (Å²) >= 11 is 7.64. The first-order valence-electron chi connectivity index (χ1n) is 6.28. The van der Waals surface area contributed by atoms with E-state index in [9.17, 15) is 4.79 Å². The summed E-state index contributed by atoms with van der Waals surface area (Å²) in [7, 11) is 0. The number of thioether (sulfide) groups is 1. The lowest BCUT2D eigenvalue weighted by Crippen LogP contribution is -2.28. The molecule has 0 aliphatic rings. The smallest absolute Gasteiger partial charge is 0.246 e. The fourth-order valence-corrected chi connectivity index (χ4v) is 2.26. The van der Waals surface area contributed by atoms with Gasteiger partial charge in [0, 0.05) is 0 Å². The van der Waals surface area contributed by atoms with Crippen LogP contribution < -0.4 is 5.32 Å². The Labute approximate surface area is 131 Å². The van der Waals surface area contributed by atoms with Gasteiger partial charge in [0.15, 0.2) is 5.82 Å². The van der Waals surface area contributed by atoms with E-state index in [-0.39, 0.29) is 19.0 Å². The Morgan fingerprint density at radius 3 is 2.86 bits per heavy atom. The second kappa shape index (κ2) is 6.95. The van der Waals surface area contributed by atoms with E-state index in [0.717, 1.165) is 5.69 Å². The topological polar surface area (TPSA) is 85.8 Å². The monoisotopic (exact) mass is 329 g/mol. The number of carbonyl (C=O) groups excluding carboxylic acids is 1. The zero-order valence-electron chi connectivity index (χ0n) is 12.0. The van der Waals surface area contributed by atoms with Crippen LogP contribution in [0, 0.1) is 13.8 Å². The summed E-state index contributed by atoms with van der Waals surface area (Å²) in [5.41, 5.74) is 1.48. The highest BCUT2D eigenvalue weighted by Gasteiger charge is 2.13. The first kappa shape index (κ1) is 15.8. The lowest BCUT2D eigenvalue weighted by Gasteiger charge is -2.04. The van der Waals surface area contributed by atoms with Gasteiger partial charge in [0.05, 0.1) is 28.7 Å². The first-order chi connectivity index (χ1) is 10.0. The average molecular weight is 330 g/mol. The molecule has 114 valence electrons. The van der Waals surface area contributed by atoms with Gasteiger partial charge in [-0.3, -0.25) is 9.48 Å². The number of rotatable bonds is 6. The molecule has 21 heavy (non-hydrogen) atoms. The number of aromatic nitrogens is 4. The zero-order chi connectivity index (χ0) is 15.4. The molecule has 0 saturated carbocycles. The Morgan fingerprint density at radius 1 is 1.48 bits per heavy atom. The predicted octanol–water partition coefficient (Wildman–Crippen LogP) is 1.72. The summed E-state index contributed by atoms with van der Waals surface area (Å²) in [6.45, 7) is 3.93. The van der Waals surface area contributed by atoms with Crippen molar-refractivity contribution in [3.05, 3.63) is 28.1 Å². The Hall–Kier alpha value is -1.54. The molecule has 0 radical (unpaired) electrons. The van der Waals surface area contributed by atoms with Gasteiger partial charge in [0.2, 0.25) is 11.8 Å². The van der Waals surface area contributed by atoms with E-state index < -0.39 is 0 Å². The summed E-state index contributed by atoms with van der Waals surface area (Å²) in [6, 6.07) is 0. The number of hydrogen-bond acceptors (Lipinski definition) is 6. The van der Waals surface area contributed by atoms with Crippen molar-refractivity contribution < 1.29 is 9.32 Å². The molecule has 2 rings (SSSR count). The van der Waals surface area contributed by atoms with E-state index in [1.807, 2.05) is 13.2 Å². The number of carbonyl (C=O) groups is 1. The summed E-state index contributed by atoms with van der Waals surface area (Å²) in [5.74, 6) is 1.50. The third-order valence-electron chi connectivity index (χ3n) is 2.81. The number of hydrogen-bond donors (Lipinski definition) is 1. The van der Waals surface area contributed by atoms with Crippen LogP contribution in [0.15, 0.2) is 4.52 Å².